The van der Waals surface area contributed by atoms with Crippen LogP contribution in [0, 0.1) is 19.8 Å². The van der Waals surface area contributed by atoms with Crippen LogP contribution in [0.25, 0.3) is 0 Å². The smallest absolute Gasteiger partial charge is 0.243 e. The normalized spacial score (nSPS) is 16.3. The fourth-order valence-electron chi connectivity index (χ4n) is 3.43. The largest absolute Gasteiger partial charge is 0.325 e. The summed E-state index contributed by atoms with van der Waals surface area (Å²) < 4.78 is 27.8. The van der Waals surface area contributed by atoms with E-state index >= 15 is 0 Å². The Balaban J connectivity index is 1.65. The van der Waals surface area contributed by atoms with E-state index in [1.54, 1.807) is 30.3 Å². The predicted molar refractivity (Wildman–Crippen MR) is 110 cm³/mol. The minimum Gasteiger partial charge on any atom is -0.325 e. The van der Waals surface area contributed by atoms with Crippen LogP contribution in [0.1, 0.15) is 24.0 Å². The number of hydrogen-bond donors (Lipinski definition) is 1. The molecule has 1 saturated heterocycles. The summed E-state index contributed by atoms with van der Waals surface area (Å²) in [5.74, 6) is -0.227. The number of amides is 1. The topological polar surface area (TPSA) is 66.5 Å². The summed E-state index contributed by atoms with van der Waals surface area (Å²) in [6.45, 7) is 4.63. The molecule has 2 aromatic carbocycles. The molecule has 0 aliphatic carbocycles. The third-order valence-corrected chi connectivity index (χ3v) is 7.32. The van der Waals surface area contributed by atoms with Crippen LogP contribution in [-0.2, 0) is 14.8 Å². The first-order valence-electron chi connectivity index (χ1n) is 8.92. The van der Waals surface area contributed by atoms with E-state index in [0.717, 1.165) is 21.3 Å². The number of halogens is 1. The van der Waals surface area contributed by atoms with Crippen molar-refractivity contribution in [2.24, 2.45) is 5.92 Å². The highest BCUT2D eigenvalue weighted by Gasteiger charge is 2.32. The maximum atomic E-state index is 12.7. The SMILES string of the molecule is Cc1cc(Br)cc(C)c1NC(=O)C1CCN(S(=O)(=O)c2ccccc2)CC1. The molecule has 0 radical (unpaired) electrons. The lowest BCUT2D eigenvalue weighted by atomic mass is 9.96. The zero-order valence-electron chi connectivity index (χ0n) is 15.4. The summed E-state index contributed by atoms with van der Waals surface area (Å²) in [5, 5.41) is 3.03. The van der Waals surface area contributed by atoms with E-state index in [4.69, 9.17) is 0 Å². The highest BCUT2D eigenvalue weighted by molar-refractivity contribution is 9.10. The third kappa shape index (κ3) is 4.42. The lowest BCUT2D eigenvalue weighted by Crippen LogP contribution is -2.41. The molecule has 0 atom stereocenters. The molecule has 1 amide bonds. The van der Waals surface area contributed by atoms with Gasteiger partial charge in [-0.25, -0.2) is 8.42 Å². The quantitative estimate of drug-likeness (QED) is 0.761. The molecule has 0 unspecified atom stereocenters. The van der Waals surface area contributed by atoms with Gasteiger partial charge in [0.1, 0.15) is 0 Å². The van der Waals surface area contributed by atoms with Gasteiger partial charge in [0.15, 0.2) is 0 Å². The van der Waals surface area contributed by atoms with Crippen molar-refractivity contribution in [2.45, 2.75) is 31.6 Å². The second-order valence-electron chi connectivity index (χ2n) is 6.90. The van der Waals surface area contributed by atoms with Crippen molar-refractivity contribution < 1.29 is 13.2 Å². The second-order valence-corrected chi connectivity index (χ2v) is 9.75. The van der Waals surface area contributed by atoms with E-state index in [2.05, 4.69) is 21.2 Å². The van der Waals surface area contributed by atoms with Crippen molar-refractivity contribution >= 4 is 37.5 Å². The van der Waals surface area contributed by atoms with Gasteiger partial charge in [-0.15, -0.1) is 0 Å². The van der Waals surface area contributed by atoms with E-state index < -0.39 is 10.0 Å². The summed E-state index contributed by atoms with van der Waals surface area (Å²) in [6.07, 6.45) is 1.04. The van der Waals surface area contributed by atoms with Gasteiger partial charge in [0, 0.05) is 29.2 Å². The molecule has 3 rings (SSSR count). The van der Waals surface area contributed by atoms with Crippen LogP contribution in [-0.4, -0.2) is 31.7 Å². The Morgan fingerprint density at radius 2 is 1.63 bits per heavy atom. The fourth-order valence-corrected chi connectivity index (χ4v) is 5.61. The van der Waals surface area contributed by atoms with Gasteiger partial charge in [-0.2, -0.15) is 4.31 Å². The predicted octanol–water partition coefficient (Wildman–Crippen LogP) is 4.11. The van der Waals surface area contributed by atoms with Gasteiger partial charge in [0.05, 0.1) is 4.90 Å². The minimum absolute atomic E-state index is 0.0414. The molecule has 0 saturated carbocycles. The number of hydrogen-bond acceptors (Lipinski definition) is 3. The van der Waals surface area contributed by atoms with Crippen molar-refractivity contribution in [3.8, 4) is 0 Å². The Labute approximate surface area is 169 Å². The van der Waals surface area contributed by atoms with Gasteiger partial charge < -0.3 is 5.32 Å². The first-order chi connectivity index (χ1) is 12.8. The molecule has 144 valence electrons. The first-order valence-corrected chi connectivity index (χ1v) is 11.1. The Bertz CT molecular complexity index is 914. The van der Waals surface area contributed by atoms with Crippen LogP contribution in [0.4, 0.5) is 5.69 Å². The Kier molecular flexibility index (Phi) is 6.03. The minimum atomic E-state index is -3.49. The molecular weight excluding hydrogens is 428 g/mol. The van der Waals surface area contributed by atoms with E-state index in [9.17, 15) is 13.2 Å². The maximum absolute atomic E-state index is 12.7. The van der Waals surface area contributed by atoms with E-state index in [1.807, 2.05) is 26.0 Å². The van der Waals surface area contributed by atoms with Crippen LogP contribution in [0.5, 0.6) is 0 Å². The van der Waals surface area contributed by atoms with Crippen molar-refractivity contribution in [3.05, 3.63) is 58.1 Å². The number of rotatable bonds is 4. The number of nitrogens with zero attached hydrogens (tertiary/aromatic N) is 1. The first kappa shape index (κ1) is 20.0. The Morgan fingerprint density at radius 1 is 1.07 bits per heavy atom. The average molecular weight is 451 g/mol. The van der Waals surface area contributed by atoms with Crippen molar-refractivity contribution in [1.29, 1.82) is 0 Å². The van der Waals surface area contributed by atoms with Crippen molar-refractivity contribution in [1.82, 2.24) is 4.31 Å². The number of anilines is 1. The molecule has 1 fully saturated rings. The number of nitrogens with one attached hydrogen (secondary N) is 1. The zero-order valence-corrected chi connectivity index (χ0v) is 17.8. The molecule has 0 bridgehead atoms. The number of carbonyl (C=O) groups is 1. The molecule has 1 aliphatic rings. The summed E-state index contributed by atoms with van der Waals surface area (Å²) in [4.78, 5) is 13.0. The van der Waals surface area contributed by atoms with Crippen LogP contribution >= 0.6 is 15.9 Å². The fraction of sp³-hybridized carbons (Fsp3) is 0.350. The summed E-state index contributed by atoms with van der Waals surface area (Å²) in [7, 11) is -3.49. The standard InChI is InChI=1S/C20H23BrN2O3S/c1-14-12-17(21)13-15(2)19(14)22-20(24)16-8-10-23(11-9-16)27(25,26)18-6-4-3-5-7-18/h3-7,12-13,16H,8-11H2,1-2H3,(H,22,24). The molecular formula is C20H23BrN2O3S. The number of carbonyl (C=O) groups excluding carboxylic acids is 1. The van der Waals surface area contributed by atoms with Gasteiger partial charge >= 0.3 is 0 Å². The van der Waals surface area contributed by atoms with Gasteiger partial charge in [-0.1, -0.05) is 34.1 Å². The molecule has 1 heterocycles. The van der Waals surface area contributed by atoms with Gasteiger partial charge in [0.25, 0.3) is 0 Å². The van der Waals surface area contributed by atoms with E-state index in [-0.39, 0.29) is 11.8 Å². The number of aryl methyl sites for hydroxylation is 2. The molecule has 0 aromatic heterocycles. The summed E-state index contributed by atoms with van der Waals surface area (Å²) >= 11 is 3.46. The van der Waals surface area contributed by atoms with Gasteiger partial charge in [0.2, 0.25) is 15.9 Å². The Morgan fingerprint density at radius 3 is 2.19 bits per heavy atom. The molecule has 1 aliphatic heterocycles. The van der Waals surface area contributed by atoms with Crippen molar-refractivity contribution in [2.75, 3.05) is 18.4 Å². The molecule has 7 heteroatoms. The second kappa shape index (κ2) is 8.12. The lowest BCUT2D eigenvalue weighted by Gasteiger charge is -2.30. The van der Waals surface area contributed by atoms with Crippen LogP contribution in [0.15, 0.2) is 51.8 Å². The zero-order chi connectivity index (χ0) is 19.6. The Hall–Kier alpha value is -1.70. The van der Waals surface area contributed by atoms with Crippen LogP contribution < -0.4 is 5.32 Å². The van der Waals surface area contributed by atoms with Gasteiger partial charge in [-0.05, 0) is 62.1 Å². The number of sulfonamides is 1. The van der Waals surface area contributed by atoms with E-state index in [0.29, 0.717) is 30.8 Å². The molecule has 5 nitrogen and oxygen atoms in total. The molecule has 2 aromatic rings. The third-order valence-electron chi connectivity index (χ3n) is 4.95. The number of benzene rings is 2. The van der Waals surface area contributed by atoms with Crippen LogP contribution in [0.3, 0.4) is 0 Å². The molecule has 1 N–H and O–H groups in total. The lowest BCUT2D eigenvalue weighted by molar-refractivity contribution is -0.120. The van der Waals surface area contributed by atoms with Gasteiger partial charge in [-0.3, -0.25) is 4.79 Å². The molecule has 27 heavy (non-hydrogen) atoms. The summed E-state index contributed by atoms with van der Waals surface area (Å²) in [5.41, 5.74) is 2.83. The van der Waals surface area contributed by atoms with Crippen molar-refractivity contribution in [3.63, 3.8) is 0 Å². The highest BCUT2D eigenvalue weighted by Crippen LogP contribution is 2.28. The summed E-state index contributed by atoms with van der Waals surface area (Å²) in [6, 6.07) is 12.4. The highest BCUT2D eigenvalue weighted by atomic mass is 79.9. The van der Waals surface area contributed by atoms with Crippen LogP contribution in [0.2, 0.25) is 0 Å². The molecule has 0 spiro atoms. The monoisotopic (exact) mass is 450 g/mol. The van der Waals surface area contributed by atoms with E-state index in [1.165, 1.54) is 4.31 Å². The maximum Gasteiger partial charge on any atom is 0.243 e. The number of piperidine rings is 1. The average Bonchev–Trinajstić information content (AvgIpc) is 2.65.